The normalized spacial score (nSPS) is 13.7. The molecule has 148 valence electrons. The van der Waals surface area contributed by atoms with E-state index in [1.165, 1.54) is 0 Å². The first-order valence-electron chi connectivity index (χ1n) is 9.48. The van der Waals surface area contributed by atoms with Crippen LogP contribution < -0.4 is 20.1 Å². The van der Waals surface area contributed by atoms with Crippen molar-refractivity contribution in [1.29, 1.82) is 0 Å². The molecule has 2 aromatic carbocycles. The van der Waals surface area contributed by atoms with Gasteiger partial charge in [-0.3, -0.25) is 9.59 Å². The van der Waals surface area contributed by atoms with E-state index in [0.29, 0.717) is 36.8 Å². The summed E-state index contributed by atoms with van der Waals surface area (Å²) in [5.74, 6) is 0.884. The molecule has 0 saturated heterocycles. The summed E-state index contributed by atoms with van der Waals surface area (Å²) in [5.41, 5.74) is 2.45. The zero-order valence-corrected chi connectivity index (χ0v) is 16.5. The molecule has 1 aliphatic rings. The van der Waals surface area contributed by atoms with E-state index in [-0.39, 0.29) is 17.7 Å². The van der Waals surface area contributed by atoms with Gasteiger partial charge < -0.3 is 20.1 Å². The average Bonchev–Trinajstić information content (AvgIpc) is 2.69. The standard InChI is InChI=1S/C22H26N2O4/c1-14(2)20(24-21(25)17-6-4-5-15(3)11-17)22(26)23-13-16-7-8-18-19(12-16)28-10-9-27-18/h4-8,11-12,14,20H,9-10,13H2,1-3H3,(H,23,26)(H,24,25). The predicted molar refractivity (Wildman–Crippen MR) is 107 cm³/mol. The lowest BCUT2D eigenvalue weighted by Gasteiger charge is -2.22. The van der Waals surface area contributed by atoms with Crippen LogP contribution in [0.25, 0.3) is 0 Å². The molecular formula is C22H26N2O4. The molecule has 0 radical (unpaired) electrons. The second-order valence-electron chi connectivity index (χ2n) is 7.26. The molecule has 1 atom stereocenters. The first-order chi connectivity index (χ1) is 13.4. The molecule has 6 heteroatoms. The van der Waals surface area contributed by atoms with E-state index in [1.807, 2.05) is 51.1 Å². The highest BCUT2D eigenvalue weighted by atomic mass is 16.6. The van der Waals surface area contributed by atoms with E-state index in [0.717, 1.165) is 11.1 Å². The number of carbonyl (C=O) groups excluding carboxylic acids is 2. The Morgan fingerprint density at radius 1 is 1.04 bits per heavy atom. The maximum atomic E-state index is 12.7. The van der Waals surface area contributed by atoms with Gasteiger partial charge in [0.25, 0.3) is 5.91 Å². The van der Waals surface area contributed by atoms with E-state index >= 15 is 0 Å². The van der Waals surface area contributed by atoms with Crippen LogP contribution in [0.1, 0.15) is 35.3 Å². The summed E-state index contributed by atoms with van der Waals surface area (Å²) in [4.78, 5) is 25.2. The molecule has 0 bridgehead atoms. The SMILES string of the molecule is Cc1cccc(C(=O)NC(C(=O)NCc2ccc3c(c2)OCCO3)C(C)C)c1. The maximum Gasteiger partial charge on any atom is 0.251 e. The molecule has 0 aliphatic carbocycles. The van der Waals surface area contributed by atoms with Crippen LogP contribution >= 0.6 is 0 Å². The molecule has 1 heterocycles. The lowest BCUT2D eigenvalue weighted by molar-refractivity contribution is -0.124. The molecule has 0 saturated carbocycles. The smallest absolute Gasteiger partial charge is 0.251 e. The fourth-order valence-electron chi connectivity index (χ4n) is 3.04. The van der Waals surface area contributed by atoms with Gasteiger partial charge in [-0.1, -0.05) is 37.6 Å². The summed E-state index contributed by atoms with van der Waals surface area (Å²) < 4.78 is 11.1. The van der Waals surface area contributed by atoms with Crippen molar-refractivity contribution < 1.29 is 19.1 Å². The second-order valence-corrected chi connectivity index (χ2v) is 7.26. The number of nitrogens with one attached hydrogen (secondary N) is 2. The number of aryl methyl sites for hydroxylation is 1. The molecular weight excluding hydrogens is 356 g/mol. The fraction of sp³-hybridized carbons (Fsp3) is 0.364. The Morgan fingerprint density at radius 2 is 1.79 bits per heavy atom. The number of benzene rings is 2. The fourth-order valence-corrected chi connectivity index (χ4v) is 3.04. The molecule has 1 unspecified atom stereocenters. The lowest BCUT2D eigenvalue weighted by Crippen LogP contribution is -2.49. The zero-order valence-electron chi connectivity index (χ0n) is 16.5. The van der Waals surface area contributed by atoms with Crippen molar-refractivity contribution in [2.24, 2.45) is 5.92 Å². The summed E-state index contributed by atoms with van der Waals surface area (Å²) in [5, 5.41) is 5.76. The first-order valence-corrected chi connectivity index (χ1v) is 9.48. The Morgan fingerprint density at radius 3 is 2.50 bits per heavy atom. The third kappa shape index (κ3) is 4.82. The van der Waals surface area contributed by atoms with Gasteiger partial charge in [-0.15, -0.1) is 0 Å². The van der Waals surface area contributed by atoms with Crippen molar-refractivity contribution in [2.75, 3.05) is 13.2 Å². The summed E-state index contributed by atoms with van der Waals surface area (Å²) in [6, 6.07) is 12.3. The summed E-state index contributed by atoms with van der Waals surface area (Å²) in [6.45, 7) is 7.15. The van der Waals surface area contributed by atoms with Crippen molar-refractivity contribution in [1.82, 2.24) is 10.6 Å². The maximum absolute atomic E-state index is 12.7. The highest BCUT2D eigenvalue weighted by Gasteiger charge is 2.24. The van der Waals surface area contributed by atoms with Gasteiger partial charge in [0.05, 0.1) is 0 Å². The Hall–Kier alpha value is -3.02. The van der Waals surface area contributed by atoms with E-state index < -0.39 is 6.04 Å². The third-order valence-electron chi connectivity index (χ3n) is 4.59. The third-order valence-corrected chi connectivity index (χ3v) is 4.59. The van der Waals surface area contributed by atoms with Crippen LogP contribution in [0.3, 0.4) is 0 Å². The van der Waals surface area contributed by atoms with Gasteiger partial charge in [0.2, 0.25) is 5.91 Å². The molecule has 1 aliphatic heterocycles. The van der Waals surface area contributed by atoms with Crippen LogP contribution in [-0.4, -0.2) is 31.1 Å². The van der Waals surface area contributed by atoms with Gasteiger partial charge in [0.15, 0.2) is 11.5 Å². The van der Waals surface area contributed by atoms with E-state index in [9.17, 15) is 9.59 Å². The molecule has 0 spiro atoms. The van der Waals surface area contributed by atoms with Crippen molar-refractivity contribution in [2.45, 2.75) is 33.4 Å². The van der Waals surface area contributed by atoms with Crippen LogP contribution in [0.4, 0.5) is 0 Å². The summed E-state index contributed by atoms with van der Waals surface area (Å²) in [6.07, 6.45) is 0. The zero-order chi connectivity index (χ0) is 20.1. The quantitative estimate of drug-likeness (QED) is 0.805. The highest BCUT2D eigenvalue weighted by Crippen LogP contribution is 2.30. The Kier molecular flexibility index (Phi) is 6.19. The number of rotatable bonds is 6. The van der Waals surface area contributed by atoms with Crippen LogP contribution in [0.5, 0.6) is 11.5 Å². The van der Waals surface area contributed by atoms with Crippen molar-refractivity contribution >= 4 is 11.8 Å². The van der Waals surface area contributed by atoms with Crippen molar-refractivity contribution in [3.8, 4) is 11.5 Å². The minimum Gasteiger partial charge on any atom is -0.486 e. The van der Waals surface area contributed by atoms with E-state index in [1.54, 1.807) is 12.1 Å². The second kappa shape index (κ2) is 8.78. The van der Waals surface area contributed by atoms with Crippen LogP contribution in [0.2, 0.25) is 0 Å². The number of amides is 2. The molecule has 2 N–H and O–H groups in total. The van der Waals surface area contributed by atoms with Gasteiger partial charge in [0, 0.05) is 12.1 Å². The minimum atomic E-state index is -0.620. The van der Waals surface area contributed by atoms with Crippen LogP contribution in [0.15, 0.2) is 42.5 Å². The van der Waals surface area contributed by atoms with E-state index in [2.05, 4.69) is 10.6 Å². The molecule has 2 aromatic rings. The average molecular weight is 382 g/mol. The summed E-state index contributed by atoms with van der Waals surface area (Å²) in [7, 11) is 0. The number of carbonyl (C=O) groups is 2. The van der Waals surface area contributed by atoms with E-state index in [4.69, 9.17) is 9.47 Å². The minimum absolute atomic E-state index is 0.0472. The number of hydrogen-bond acceptors (Lipinski definition) is 4. The molecule has 2 amide bonds. The lowest BCUT2D eigenvalue weighted by atomic mass is 10.0. The number of hydrogen-bond donors (Lipinski definition) is 2. The van der Waals surface area contributed by atoms with Crippen molar-refractivity contribution in [3.05, 3.63) is 59.2 Å². The highest BCUT2D eigenvalue weighted by molar-refractivity contribution is 5.97. The molecule has 0 aromatic heterocycles. The predicted octanol–water partition coefficient (Wildman–Crippen LogP) is 2.84. The van der Waals surface area contributed by atoms with Gasteiger partial charge in [-0.05, 0) is 42.7 Å². The largest absolute Gasteiger partial charge is 0.486 e. The number of fused-ring (bicyclic) bond motifs is 1. The number of ether oxygens (including phenoxy) is 2. The van der Waals surface area contributed by atoms with Crippen LogP contribution in [-0.2, 0) is 11.3 Å². The monoisotopic (exact) mass is 382 g/mol. The van der Waals surface area contributed by atoms with Gasteiger partial charge in [-0.25, -0.2) is 0 Å². The molecule has 28 heavy (non-hydrogen) atoms. The van der Waals surface area contributed by atoms with Crippen molar-refractivity contribution in [3.63, 3.8) is 0 Å². The van der Waals surface area contributed by atoms with Crippen LogP contribution in [0, 0.1) is 12.8 Å². The first kappa shape index (κ1) is 19.7. The van der Waals surface area contributed by atoms with Gasteiger partial charge in [-0.2, -0.15) is 0 Å². The summed E-state index contributed by atoms with van der Waals surface area (Å²) >= 11 is 0. The Balaban J connectivity index is 1.62. The Labute approximate surface area is 165 Å². The Bertz CT molecular complexity index is 863. The topological polar surface area (TPSA) is 76.7 Å². The van der Waals surface area contributed by atoms with Gasteiger partial charge in [0.1, 0.15) is 19.3 Å². The molecule has 0 fully saturated rings. The molecule has 3 rings (SSSR count). The van der Waals surface area contributed by atoms with Gasteiger partial charge >= 0.3 is 0 Å². The molecule has 6 nitrogen and oxygen atoms in total.